The van der Waals surface area contributed by atoms with Gasteiger partial charge >= 0.3 is 0 Å². The van der Waals surface area contributed by atoms with Gasteiger partial charge in [-0.3, -0.25) is 9.59 Å². The first-order valence-electron chi connectivity index (χ1n) is 16.1. The predicted molar refractivity (Wildman–Crippen MR) is 175 cm³/mol. The number of dihydropyridines is 1. The number of hydrogen-bond acceptors (Lipinski definition) is 12. The summed E-state index contributed by atoms with van der Waals surface area (Å²) in [6.07, 6.45) is 4.92. The van der Waals surface area contributed by atoms with Gasteiger partial charge in [-0.15, -0.1) is 0 Å². The van der Waals surface area contributed by atoms with Crippen LogP contribution in [0.3, 0.4) is 0 Å². The van der Waals surface area contributed by atoms with Gasteiger partial charge in [-0.05, 0) is 53.3 Å². The van der Waals surface area contributed by atoms with Crippen molar-refractivity contribution in [3.63, 3.8) is 0 Å². The number of ether oxygens (including phenoxy) is 2. The summed E-state index contributed by atoms with van der Waals surface area (Å²) in [5.41, 5.74) is 4.71. The summed E-state index contributed by atoms with van der Waals surface area (Å²) in [6.45, 7) is -0.435. The van der Waals surface area contributed by atoms with Gasteiger partial charge in [-0.2, -0.15) is 0 Å². The van der Waals surface area contributed by atoms with E-state index in [9.17, 15) is 40.2 Å². The Morgan fingerprint density at radius 3 is 2.55 bits per heavy atom. The highest BCUT2D eigenvalue weighted by Crippen LogP contribution is 2.49. The molecule has 0 radical (unpaired) electrons. The number of fused-ring (bicyclic) bond motifs is 4. The Hall–Kier alpha value is -4.56. The van der Waals surface area contributed by atoms with Crippen LogP contribution < -0.4 is 15.8 Å². The second kappa shape index (κ2) is 12.4. The van der Waals surface area contributed by atoms with Crippen LogP contribution in [0.1, 0.15) is 38.3 Å². The lowest BCUT2D eigenvalue weighted by molar-refractivity contribution is -0.349. The quantitative estimate of drug-likeness (QED) is 0.187. The topological polar surface area (TPSA) is 212 Å². The minimum Gasteiger partial charge on any atom is -0.511 e. The summed E-state index contributed by atoms with van der Waals surface area (Å²) in [6, 6.07) is 11.7. The molecule has 49 heavy (non-hydrogen) atoms. The molecular formula is C37H38N2O10. The van der Waals surface area contributed by atoms with Gasteiger partial charge in [0.25, 0.3) is 0 Å². The Morgan fingerprint density at radius 1 is 1.02 bits per heavy atom. The van der Waals surface area contributed by atoms with Gasteiger partial charge in [0.1, 0.15) is 34.9 Å². The molecule has 0 amide bonds. The number of rotatable bonds is 8. The lowest BCUT2D eigenvalue weighted by atomic mass is 9.64. The zero-order valence-electron chi connectivity index (χ0n) is 26.4. The molecule has 3 aliphatic carbocycles. The summed E-state index contributed by atoms with van der Waals surface area (Å²) in [5.74, 6) is -4.03. The van der Waals surface area contributed by atoms with Crippen LogP contribution in [0.2, 0.25) is 0 Å². The maximum absolute atomic E-state index is 14.1. The van der Waals surface area contributed by atoms with Crippen molar-refractivity contribution in [2.75, 3.05) is 13.2 Å². The van der Waals surface area contributed by atoms with Gasteiger partial charge in [0.05, 0.1) is 36.4 Å². The number of benzene rings is 2. The highest BCUT2D eigenvalue weighted by Gasteiger charge is 2.66. The van der Waals surface area contributed by atoms with Crippen LogP contribution in [0.25, 0.3) is 0 Å². The van der Waals surface area contributed by atoms with Crippen LogP contribution in [0, 0.1) is 17.8 Å². The molecule has 0 spiro atoms. The summed E-state index contributed by atoms with van der Waals surface area (Å²) in [5, 5.41) is 68.9. The van der Waals surface area contributed by atoms with Crippen LogP contribution in [-0.4, -0.2) is 85.1 Å². The zero-order valence-corrected chi connectivity index (χ0v) is 26.4. The molecule has 0 saturated carbocycles. The molecule has 1 saturated heterocycles. The Morgan fingerprint density at radius 2 is 1.80 bits per heavy atom. The second-order valence-corrected chi connectivity index (χ2v) is 13.3. The highest BCUT2D eigenvalue weighted by atomic mass is 16.7. The Bertz CT molecular complexity index is 1860. The number of aliphatic hydroxyl groups is 6. The molecule has 2 aromatic carbocycles. The minimum atomic E-state index is -2.27. The second-order valence-electron chi connectivity index (χ2n) is 13.3. The highest BCUT2D eigenvalue weighted by molar-refractivity contribution is 6.19. The van der Waals surface area contributed by atoms with E-state index in [-0.39, 0.29) is 35.7 Å². The van der Waals surface area contributed by atoms with Crippen LogP contribution in [0.5, 0.6) is 5.75 Å². The smallest absolute Gasteiger partial charge is 0.230 e. The molecular weight excluding hydrogens is 632 g/mol. The first kappa shape index (κ1) is 33.0. The van der Waals surface area contributed by atoms with Crippen molar-refractivity contribution in [3.8, 4) is 5.75 Å². The van der Waals surface area contributed by atoms with Gasteiger partial charge < -0.3 is 51.2 Å². The molecule has 2 heterocycles. The third-order valence-corrected chi connectivity index (χ3v) is 10.2. The number of nitrogens with two attached hydrogens (primary N) is 1. The number of carbonyl (C=O) groups is 2. The van der Waals surface area contributed by atoms with Crippen LogP contribution in [0.4, 0.5) is 0 Å². The molecule has 7 rings (SSSR count). The monoisotopic (exact) mass is 670 g/mol. The molecule has 8 atom stereocenters. The standard InChI is InChI=1S/C37H38N2O10/c38-28-16-20(8-10-39-28)13-23-7-9-36(18-41)35(46)37(23,47)33(45)34(49-36)48-27-6-2-5-24-30(27)32(44)29-25(31(24)43)14-22(15-26(29)42)12-19-3-1-4-21(11-19)17-40/h1-9,11,14-16,23,25,29,33-35,39-42,45-47H,10,12-13,17-18,38H2. The third kappa shape index (κ3) is 5.41. The van der Waals surface area contributed by atoms with E-state index in [1.165, 1.54) is 30.4 Å². The fourth-order valence-corrected chi connectivity index (χ4v) is 7.70. The van der Waals surface area contributed by atoms with E-state index in [4.69, 9.17) is 15.2 Å². The van der Waals surface area contributed by atoms with E-state index < -0.39 is 65.6 Å². The van der Waals surface area contributed by atoms with E-state index in [0.29, 0.717) is 24.4 Å². The SMILES string of the molecule is NC1=CC(CC2C=CC3(CO)OC(Oc4cccc5c4C(=O)C4C(O)=CC(Cc6cccc(CO)c6)=CC4C5=O)C(O)C2(O)C3O)=CCN1. The molecule has 8 unspecified atom stereocenters. The van der Waals surface area contributed by atoms with E-state index in [0.717, 1.165) is 16.7 Å². The number of hydrogen-bond donors (Lipinski definition) is 8. The van der Waals surface area contributed by atoms with E-state index >= 15 is 0 Å². The number of nitrogens with one attached hydrogen (secondary N) is 1. The molecule has 256 valence electrons. The van der Waals surface area contributed by atoms with Gasteiger partial charge in [-0.25, -0.2) is 0 Å². The van der Waals surface area contributed by atoms with Crippen molar-refractivity contribution in [2.24, 2.45) is 23.5 Å². The largest absolute Gasteiger partial charge is 0.511 e. The lowest BCUT2D eigenvalue weighted by Gasteiger charge is -2.57. The fourth-order valence-electron chi connectivity index (χ4n) is 7.70. The van der Waals surface area contributed by atoms with E-state index in [1.807, 2.05) is 24.3 Å². The Labute approximate surface area is 281 Å². The average Bonchev–Trinajstić information content (AvgIpc) is 3.09. The Kier molecular flexibility index (Phi) is 8.34. The summed E-state index contributed by atoms with van der Waals surface area (Å²) >= 11 is 0. The summed E-state index contributed by atoms with van der Waals surface area (Å²) < 4.78 is 12.1. The van der Waals surface area contributed by atoms with Crippen molar-refractivity contribution in [1.29, 1.82) is 0 Å². The number of allylic oxidation sites excluding steroid dienone is 6. The molecule has 5 aliphatic rings. The van der Waals surface area contributed by atoms with Crippen LogP contribution in [0.15, 0.2) is 102 Å². The first-order chi connectivity index (χ1) is 23.5. The molecule has 9 N–H and O–H groups in total. The van der Waals surface area contributed by atoms with Crippen molar-refractivity contribution >= 4 is 11.6 Å². The van der Waals surface area contributed by atoms with Gasteiger partial charge in [0.2, 0.25) is 6.29 Å². The minimum absolute atomic E-state index is 0.0532. The predicted octanol–water partition coefficient (Wildman–Crippen LogP) is 1.24. The molecule has 1 fully saturated rings. The maximum Gasteiger partial charge on any atom is 0.230 e. The van der Waals surface area contributed by atoms with Crippen molar-refractivity contribution in [2.45, 2.75) is 49.1 Å². The van der Waals surface area contributed by atoms with Crippen molar-refractivity contribution in [1.82, 2.24) is 5.32 Å². The van der Waals surface area contributed by atoms with Gasteiger partial charge in [0.15, 0.2) is 11.6 Å². The molecule has 12 heteroatoms. The molecule has 12 nitrogen and oxygen atoms in total. The molecule has 2 aromatic rings. The van der Waals surface area contributed by atoms with Crippen molar-refractivity contribution in [3.05, 3.63) is 124 Å². The summed E-state index contributed by atoms with van der Waals surface area (Å²) in [4.78, 5) is 28.0. The van der Waals surface area contributed by atoms with Crippen LogP contribution >= 0.6 is 0 Å². The normalized spacial score (nSPS) is 33.3. The molecule has 0 aromatic heterocycles. The van der Waals surface area contributed by atoms with E-state index in [1.54, 1.807) is 24.3 Å². The van der Waals surface area contributed by atoms with Crippen LogP contribution in [-0.2, 0) is 17.8 Å². The zero-order chi connectivity index (χ0) is 34.7. The number of carbonyl (C=O) groups excluding carboxylic acids is 2. The van der Waals surface area contributed by atoms with Crippen molar-refractivity contribution < 1.29 is 49.7 Å². The van der Waals surface area contributed by atoms with E-state index in [2.05, 4.69) is 5.32 Å². The third-order valence-electron chi connectivity index (χ3n) is 10.2. The maximum atomic E-state index is 14.1. The van der Waals surface area contributed by atoms with Gasteiger partial charge in [-0.1, -0.05) is 60.7 Å². The molecule has 2 bridgehead atoms. The first-order valence-corrected chi connectivity index (χ1v) is 16.1. The number of Topliss-reactive ketones (excluding diaryl/α,β-unsaturated/α-hetero) is 2. The lowest BCUT2D eigenvalue weighted by Crippen LogP contribution is -2.76. The number of ketones is 2. The fraction of sp³-hybridized carbons (Fsp3) is 0.351. The number of aliphatic hydroxyl groups excluding tert-OH is 5. The molecule has 2 aliphatic heterocycles. The average molecular weight is 671 g/mol. The summed E-state index contributed by atoms with van der Waals surface area (Å²) in [7, 11) is 0. The Balaban J connectivity index is 1.19. The van der Waals surface area contributed by atoms with Gasteiger partial charge in [0, 0.05) is 18.0 Å².